The Kier molecular flexibility index (Phi) is 7.89. The number of rotatable bonds is 7. The first-order valence-corrected chi connectivity index (χ1v) is 4.20. The van der Waals surface area contributed by atoms with E-state index in [9.17, 15) is 0 Å². The zero-order chi connectivity index (χ0) is 8.53. The molecule has 11 heavy (non-hydrogen) atoms. The number of hydrogen-bond donors (Lipinski definition) is 1. The fourth-order valence-electron chi connectivity index (χ4n) is 0.623. The van der Waals surface area contributed by atoms with Crippen molar-refractivity contribution in [3.63, 3.8) is 0 Å². The molecule has 1 unspecified atom stereocenters. The Hall–Kier alpha value is -0.120. The van der Waals surface area contributed by atoms with Gasteiger partial charge in [0.2, 0.25) is 0 Å². The maximum Gasteiger partial charge on any atom is 0.0704 e. The summed E-state index contributed by atoms with van der Waals surface area (Å²) < 4.78 is 10.5. The summed E-state index contributed by atoms with van der Waals surface area (Å²) in [7, 11) is 0. The molecule has 0 radical (unpaired) electrons. The molecule has 0 fully saturated rings. The average Bonchev–Trinajstić information content (AvgIpc) is 2.04. The molecule has 0 rings (SSSR count). The molecular formula is C8H19NO2. The SMILES string of the molecule is CCCOCCOC(C)CN. The summed E-state index contributed by atoms with van der Waals surface area (Å²) in [6.45, 7) is 6.77. The van der Waals surface area contributed by atoms with Crippen LogP contribution in [0.3, 0.4) is 0 Å². The van der Waals surface area contributed by atoms with Gasteiger partial charge in [-0.15, -0.1) is 0 Å². The van der Waals surface area contributed by atoms with Crippen LogP contribution >= 0.6 is 0 Å². The van der Waals surface area contributed by atoms with E-state index in [4.69, 9.17) is 15.2 Å². The molecule has 3 nitrogen and oxygen atoms in total. The van der Waals surface area contributed by atoms with Gasteiger partial charge in [-0.25, -0.2) is 0 Å². The standard InChI is InChI=1S/C8H19NO2/c1-3-4-10-5-6-11-8(2)7-9/h8H,3-7,9H2,1-2H3. The molecule has 3 heteroatoms. The second-order valence-electron chi connectivity index (χ2n) is 2.53. The van der Waals surface area contributed by atoms with Gasteiger partial charge in [0, 0.05) is 13.2 Å². The Balaban J connectivity index is 2.89. The summed E-state index contributed by atoms with van der Waals surface area (Å²) in [6, 6.07) is 0. The summed E-state index contributed by atoms with van der Waals surface area (Å²) in [6.07, 6.45) is 1.21. The van der Waals surface area contributed by atoms with Gasteiger partial charge in [-0.3, -0.25) is 0 Å². The second-order valence-corrected chi connectivity index (χ2v) is 2.53. The monoisotopic (exact) mass is 161 g/mol. The van der Waals surface area contributed by atoms with Gasteiger partial charge in [-0.1, -0.05) is 6.92 Å². The fraction of sp³-hybridized carbons (Fsp3) is 1.00. The quantitative estimate of drug-likeness (QED) is 0.561. The fourth-order valence-corrected chi connectivity index (χ4v) is 0.623. The number of ether oxygens (including phenoxy) is 2. The van der Waals surface area contributed by atoms with Gasteiger partial charge in [0.1, 0.15) is 0 Å². The third-order valence-electron chi connectivity index (χ3n) is 1.31. The lowest BCUT2D eigenvalue weighted by atomic mass is 10.4. The first-order chi connectivity index (χ1) is 5.31. The van der Waals surface area contributed by atoms with Crippen LogP contribution in [0.4, 0.5) is 0 Å². The first kappa shape index (κ1) is 10.9. The summed E-state index contributed by atoms with van der Waals surface area (Å²) >= 11 is 0. The van der Waals surface area contributed by atoms with Crippen molar-refractivity contribution in [1.82, 2.24) is 0 Å². The summed E-state index contributed by atoms with van der Waals surface area (Å²) in [5, 5.41) is 0. The molecule has 0 amide bonds. The third-order valence-corrected chi connectivity index (χ3v) is 1.31. The van der Waals surface area contributed by atoms with Gasteiger partial charge in [0.05, 0.1) is 19.3 Å². The molecule has 0 aliphatic heterocycles. The molecular weight excluding hydrogens is 142 g/mol. The van der Waals surface area contributed by atoms with Crippen LogP contribution in [0.5, 0.6) is 0 Å². The first-order valence-electron chi connectivity index (χ1n) is 4.20. The maximum atomic E-state index is 5.35. The summed E-state index contributed by atoms with van der Waals surface area (Å²) in [5.41, 5.74) is 5.35. The maximum absolute atomic E-state index is 5.35. The van der Waals surface area contributed by atoms with Crippen molar-refractivity contribution < 1.29 is 9.47 Å². The Bertz CT molecular complexity index is 78.5. The molecule has 0 saturated heterocycles. The molecule has 2 N–H and O–H groups in total. The molecule has 1 atom stereocenters. The van der Waals surface area contributed by atoms with E-state index in [0.717, 1.165) is 13.0 Å². The zero-order valence-corrected chi connectivity index (χ0v) is 7.51. The predicted octanol–water partition coefficient (Wildman–Crippen LogP) is 0.777. The minimum absolute atomic E-state index is 0.153. The lowest BCUT2D eigenvalue weighted by molar-refractivity contribution is 0.0161. The Morgan fingerprint density at radius 1 is 1.27 bits per heavy atom. The normalized spacial score (nSPS) is 13.4. The van der Waals surface area contributed by atoms with Gasteiger partial charge >= 0.3 is 0 Å². The van der Waals surface area contributed by atoms with Crippen molar-refractivity contribution in [3.8, 4) is 0 Å². The van der Waals surface area contributed by atoms with Crippen LogP contribution in [0.1, 0.15) is 20.3 Å². The van der Waals surface area contributed by atoms with Crippen LogP contribution in [0, 0.1) is 0 Å². The van der Waals surface area contributed by atoms with E-state index >= 15 is 0 Å². The Morgan fingerprint density at radius 2 is 2.00 bits per heavy atom. The molecule has 0 aliphatic carbocycles. The molecule has 0 aromatic rings. The van der Waals surface area contributed by atoms with Crippen LogP contribution in [0.25, 0.3) is 0 Å². The van der Waals surface area contributed by atoms with Crippen molar-refractivity contribution in [2.24, 2.45) is 5.73 Å². The average molecular weight is 161 g/mol. The van der Waals surface area contributed by atoms with Crippen molar-refractivity contribution in [2.45, 2.75) is 26.4 Å². The van der Waals surface area contributed by atoms with Crippen molar-refractivity contribution in [1.29, 1.82) is 0 Å². The summed E-state index contributed by atoms with van der Waals surface area (Å²) in [4.78, 5) is 0. The highest BCUT2D eigenvalue weighted by Gasteiger charge is 1.96. The van der Waals surface area contributed by atoms with Crippen LogP contribution in [0.15, 0.2) is 0 Å². The van der Waals surface area contributed by atoms with E-state index in [0.29, 0.717) is 19.8 Å². The smallest absolute Gasteiger partial charge is 0.0704 e. The molecule has 0 spiro atoms. The van der Waals surface area contributed by atoms with Gasteiger partial charge in [-0.05, 0) is 13.3 Å². The van der Waals surface area contributed by atoms with Gasteiger partial charge in [0.15, 0.2) is 0 Å². The molecule has 0 aromatic carbocycles. The Morgan fingerprint density at radius 3 is 2.55 bits per heavy atom. The lowest BCUT2D eigenvalue weighted by Crippen LogP contribution is -2.21. The van der Waals surface area contributed by atoms with E-state index in [1.54, 1.807) is 0 Å². The highest BCUT2D eigenvalue weighted by Crippen LogP contribution is 1.87. The zero-order valence-electron chi connectivity index (χ0n) is 7.51. The largest absolute Gasteiger partial charge is 0.379 e. The lowest BCUT2D eigenvalue weighted by Gasteiger charge is -2.09. The van der Waals surface area contributed by atoms with Crippen molar-refractivity contribution >= 4 is 0 Å². The topological polar surface area (TPSA) is 44.5 Å². The molecule has 0 aliphatic rings. The molecule has 0 saturated carbocycles. The second kappa shape index (κ2) is 7.98. The minimum Gasteiger partial charge on any atom is -0.379 e. The van der Waals surface area contributed by atoms with E-state index in [1.807, 2.05) is 6.92 Å². The van der Waals surface area contributed by atoms with E-state index in [2.05, 4.69) is 6.92 Å². The predicted molar refractivity (Wildman–Crippen MR) is 45.6 cm³/mol. The van der Waals surface area contributed by atoms with Crippen LogP contribution in [-0.4, -0.2) is 32.5 Å². The molecule has 0 aromatic heterocycles. The third kappa shape index (κ3) is 7.78. The van der Waals surface area contributed by atoms with Gasteiger partial charge in [0.25, 0.3) is 0 Å². The van der Waals surface area contributed by atoms with Crippen LogP contribution < -0.4 is 5.73 Å². The van der Waals surface area contributed by atoms with Crippen LogP contribution in [0.2, 0.25) is 0 Å². The van der Waals surface area contributed by atoms with Crippen LogP contribution in [-0.2, 0) is 9.47 Å². The molecule has 0 heterocycles. The van der Waals surface area contributed by atoms with Crippen molar-refractivity contribution in [3.05, 3.63) is 0 Å². The molecule has 68 valence electrons. The Labute approximate surface area is 68.9 Å². The summed E-state index contributed by atoms with van der Waals surface area (Å²) in [5.74, 6) is 0. The van der Waals surface area contributed by atoms with Crippen molar-refractivity contribution in [2.75, 3.05) is 26.4 Å². The van der Waals surface area contributed by atoms with E-state index in [1.165, 1.54) is 0 Å². The van der Waals surface area contributed by atoms with E-state index < -0.39 is 0 Å². The van der Waals surface area contributed by atoms with E-state index in [-0.39, 0.29) is 6.10 Å². The highest BCUT2D eigenvalue weighted by molar-refractivity contribution is 4.47. The number of hydrogen-bond acceptors (Lipinski definition) is 3. The molecule has 0 bridgehead atoms. The van der Waals surface area contributed by atoms with Gasteiger partial charge < -0.3 is 15.2 Å². The highest BCUT2D eigenvalue weighted by atomic mass is 16.5. The minimum atomic E-state index is 0.153. The number of nitrogens with two attached hydrogens (primary N) is 1. The van der Waals surface area contributed by atoms with Gasteiger partial charge in [-0.2, -0.15) is 0 Å².